The molecule has 1 amide bonds. The first-order chi connectivity index (χ1) is 18.2. The number of ether oxygens (including phenoxy) is 3. The molecule has 1 saturated heterocycles. The maximum Gasteiger partial charge on any atom is 0.222 e. The lowest BCUT2D eigenvalue weighted by Gasteiger charge is -2.38. The van der Waals surface area contributed by atoms with Crippen LogP contribution in [0.5, 0.6) is 5.75 Å². The summed E-state index contributed by atoms with van der Waals surface area (Å²) < 4.78 is 26.6. The number of aromatic nitrogens is 3. The van der Waals surface area contributed by atoms with Crippen molar-refractivity contribution >= 4 is 30.9 Å². The molecule has 0 aliphatic carbocycles. The van der Waals surface area contributed by atoms with E-state index in [1.807, 2.05) is 36.0 Å². The monoisotopic (exact) mass is 554 g/mol. The van der Waals surface area contributed by atoms with Gasteiger partial charge in [-0.15, -0.1) is 0 Å². The third-order valence-corrected chi connectivity index (χ3v) is 12.5. The lowest BCUT2D eigenvalue weighted by molar-refractivity contribution is -0.114. The fraction of sp³-hybridized carbons (Fsp3) is 0.552. The summed E-state index contributed by atoms with van der Waals surface area (Å²) in [4.78, 5) is 21.1. The van der Waals surface area contributed by atoms with Gasteiger partial charge in [0.05, 0.1) is 35.8 Å². The zero-order chi connectivity index (χ0) is 28.6. The van der Waals surface area contributed by atoms with Gasteiger partial charge >= 0.3 is 0 Å². The molecular formula is C29H42N4O5Si. The van der Waals surface area contributed by atoms with Gasteiger partial charge in [-0.1, -0.05) is 20.8 Å². The zero-order valence-corrected chi connectivity index (χ0v) is 25.7. The average Bonchev–Trinajstić information content (AvgIpc) is 3.47. The molecule has 1 aliphatic heterocycles. The third kappa shape index (κ3) is 6.19. The molecular weight excluding hydrogens is 512 g/mol. The molecule has 39 heavy (non-hydrogen) atoms. The summed E-state index contributed by atoms with van der Waals surface area (Å²) in [5.41, 5.74) is 2.69. The van der Waals surface area contributed by atoms with Gasteiger partial charge < -0.3 is 28.5 Å². The summed E-state index contributed by atoms with van der Waals surface area (Å²) in [6.07, 6.45) is 4.41. The normalized spacial score (nSPS) is 18.9. The number of hydrogen-bond donors (Lipinski definition) is 1. The highest BCUT2D eigenvalue weighted by molar-refractivity contribution is 6.74. The summed E-state index contributed by atoms with van der Waals surface area (Å²) in [7, 11) is 1.73. The minimum absolute atomic E-state index is 0.0685. The van der Waals surface area contributed by atoms with Crippen molar-refractivity contribution in [3.63, 3.8) is 0 Å². The van der Waals surface area contributed by atoms with Gasteiger partial charge in [-0.2, -0.15) is 0 Å². The Kier molecular flexibility index (Phi) is 8.23. The molecule has 0 unspecified atom stereocenters. The molecule has 212 valence electrons. The molecule has 10 heteroatoms. The number of nitrogens with one attached hydrogen (secondary N) is 1. The Morgan fingerprint density at radius 2 is 2.03 bits per heavy atom. The van der Waals surface area contributed by atoms with Crippen LogP contribution in [0.3, 0.4) is 0 Å². The number of pyridine rings is 2. The van der Waals surface area contributed by atoms with Gasteiger partial charge in [0.15, 0.2) is 8.32 Å². The minimum atomic E-state index is -1.93. The summed E-state index contributed by atoms with van der Waals surface area (Å²) >= 11 is 0. The molecule has 3 aromatic heterocycles. The van der Waals surface area contributed by atoms with Gasteiger partial charge in [0, 0.05) is 63.4 Å². The maximum atomic E-state index is 11.7. The van der Waals surface area contributed by atoms with E-state index >= 15 is 0 Å². The fourth-order valence-corrected chi connectivity index (χ4v) is 6.06. The second-order valence-electron chi connectivity index (χ2n) is 12.0. The highest BCUT2D eigenvalue weighted by Crippen LogP contribution is 2.39. The summed E-state index contributed by atoms with van der Waals surface area (Å²) in [5.74, 6) is 1.01. The summed E-state index contributed by atoms with van der Waals surface area (Å²) in [5, 5.41) is 3.82. The van der Waals surface area contributed by atoms with E-state index in [0.29, 0.717) is 37.8 Å². The molecule has 0 aromatic carbocycles. The quantitative estimate of drug-likeness (QED) is 0.342. The van der Waals surface area contributed by atoms with Gasteiger partial charge in [0.2, 0.25) is 5.91 Å². The number of methoxy groups -OCH3 is 1. The van der Waals surface area contributed by atoms with Gasteiger partial charge in [0.25, 0.3) is 0 Å². The second-order valence-corrected chi connectivity index (χ2v) is 16.8. The summed E-state index contributed by atoms with van der Waals surface area (Å²) in [6.45, 7) is 16.2. The molecule has 0 radical (unpaired) electrons. The maximum absolute atomic E-state index is 11.7. The Bertz CT molecular complexity index is 1340. The van der Waals surface area contributed by atoms with Gasteiger partial charge in [-0.3, -0.25) is 4.79 Å². The van der Waals surface area contributed by atoms with Crippen LogP contribution in [0, 0.1) is 0 Å². The van der Waals surface area contributed by atoms with Crippen LogP contribution >= 0.6 is 0 Å². The molecule has 0 bridgehead atoms. The molecule has 3 aromatic rings. The molecule has 1 N–H and O–H groups in total. The van der Waals surface area contributed by atoms with Crippen LogP contribution in [-0.2, 0) is 31.3 Å². The third-order valence-electron chi connectivity index (χ3n) is 7.88. The Morgan fingerprint density at radius 3 is 2.64 bits per heavy atom. The lowest BCUT2D eigenvalue weighted by Crippen LogP contribution is -2.44. The Balaban J connectivity index is 1.73. The first kappa shape index (κ1) is 29.2. The van der Waals surface area contributed by atoms with Gasteiger partial charge in [-0.05, 0) is 31.1 Å². The van der Waals surface area contributed by atoms with Crippen molar-refractivity contribution in [2.24, 2.45) is 7.05 Å². The van der Waals surface area contributed by atoms with E-state index in [0.717, 1.165) is 27.9 Å². The van der Waals surface area contributed by atoms with E-state index in [4.69, 9.17) is 23.6 Å². The van der Waals surface area contributed by atoms with E-state index in [9.17, 15) is 4.79 Å². The van der Waals surface area contributed by atoms with Crippen molar-refractivity contribution in [1.82, 2.24) is 14.5 Å². The fourth-order valence-electron chi connectivity index (χ4n) is 4.63. The number of fused-ring (bicyclic) bond motifs is 1. The van der Waals surface area contributed by atoms with Gasteiger partial charge in [0.1, 0.15) is 23.8 Å². The van der Waals surface area contributed by atoms with Crippen LogP contribution < -0.4 is 10.1 Å². The van der Waals surface area contributed by atoms with Crippen LogP contribution in [0.4, 0.5) is 5.82 Å². The Morgan fingerprint density at radius 1 is 1.28 bits per heavy atom. The molecule has 1 aliphatic rings. The van der Waals surface area contributed by atoms with Crippen molar-refractivity contribution in [2.75, 3.05) is 32.2 Å². The first-order valence-corrected chi connectivity index (χ1v) is 16.3. The molecule has 4 rings (SSSR count). The zero-order valence-electron chi connectivity index (χ0n) is 24.7. The van der Waals surface area contributed by atoms with E-state index in [-0.39, 0.29) is 17.0 Å². The van der Waals surface area contributed by atoms with Crippen LogP contribution in [-0.4, -0.2) is 61.8 Å². The van der Waals surface area contributed by atoms with Crippen molar-refractivity contribution in [3.8, 4) is 17.0 Å². The lowest BCUT2D eigenvalue weighted by atomic mass is 9.96. The summed E-state index contributed by atoms with van der Waals surface area (Å²) in [6, 6.07) is 5.78. The van der Waals surface area contributed by atoms with Crippen molar-refractivity contribution in [3.05, 3.63) is 36.3 Å². The Hall–Kier alpha value is -2.79. The number of aryl methyl sites for hydroxylation is 1. The second kappa shape index (κ2) is 11.0. The predicted octanol–water partition coefficient (Wildman–Crippen LogP) is 5.64. The van der Waals surface area contributed by atoms with E-state index in [1.165, 1.54) is 6.92 Å². The molecule has 0 saturated carbocycles. The smallest absolute Gasteiger partial charge is 0.222 e. The number of carbonyl (C=O) groups excluding carboxylic acids is 1. The standard InChI is InChI=1S/C29H42N4O5Si/c1-19(38-39(8,9)28(3,4)5)17-37-21-12-24(32-26(13-21)29(35-7)10-11-36-18-29)23-16-33(6)25-15-30-27(14-22(23)25)31-20(2)34/h12-16,19H,10-11,17-18H2,1-9H3,(H,30,31,34)/t19-,29+/m1/s1. The van der Waals surface area contributed by atoms with Crippen molar-refractivity contribution in [2.45, 2.75) is 70.9 Å². The highest BCUT2D eigenvalue weighted by atomic mass is 28.4. The number of rotatable bonds is 9. The molecule has 9 nitrogen and oxygen atoms in total. The van der Waals surface area contributed by atoms with E-state index in [2.05, 4.69) is 51.1 Å². The van der Waals surface area contributed by atoms with Crippen LogP contribution in [0.2, 0.25) is 18.1 Å². The van der Waals surface area contributed by atoms with E-state index in [1.54, 1.807) is 13.3 Å². The average molecular weight is 555 g/mol. The predicted molar refractivity (Wildman–Crippen MR) is 156 cm³/mol. The first-order valence-electron chi connectivity index (χ1n) is 13.4. The molecule has 0 spiro atoms. The van der Waals surface area contributed by atoms with Crippen LogP contribution in [0.15, 0.2) is 30.6 Å². The topological polar surface area (TPSA) is 96.7 Å². The molecule has 2 atom stereocenters. The number of carbonyl (C=O) groups is 1. The van der Waals surface area contributed by atoms with Gasteiger partial charge in [-0.25, -0.2) is 9.97 Å². The number of anilines is 1. The largest absolute Gasteiger partial charge is 0.491 e. The molecule has 4 heterocycles. The van der Waals surface area contributed by atoms with E-state index < -0.39 is 13.9 Å². The Labute approximate surface area is 232 Å². The SMILES string of the molecule is CO[C@@]1(c2cc(OC[C@@H](C)O[Si](C)(C)C(C)(C)C)cc(-c3cn(C)c4cnc(NC(C)=O)cc34)n2)CCOC1. The minimum Gasteiger partial charge on any atom is -0.491 e. The van der Waals surface area contributed by atoms with Crippen molar-refractivity contribution < 1.29 is 23.4 Å². The molecule has 1 fully saturated rings. The highest BCUT2D eigenvalue weighted by Gasteiger charge is 2.40. The number of amides is 1. The number of hydrogen-bond acceptors (Lipinski definition) is 7. The number of nitrogens with zero attached hydrogens (tertiary/aromatic N) is 3. The van der Waals surface area contributed by atoms with Crippen LogP contribution in [0.25, 0.3) is 22.2 Å². The van der Waals surface area contributed by atoms with Crippen molar-refractivity contribution in [1.29, 1.82) is 0 Å². The van der Waals surface area contributed by atoms with Crippen LogP contribution in [0.1, 0.15) is 46.7 Å².